The first-order valence-electron chi connectivity index (χ1n) is 3.63. The third-order valence-electron chi connectivity index (χ3n) is 1.65. The first kappa shape index (κ1) is 7.16. The van der Waals surface area contributed by atoms with Crippen LogP contribution in [0.4, 0.5) is 0 Å². The molecule has 0 atom stereocenters. The van der Waals surface area contributed by atoms with E-state index in [4.69, 9.17) is 0 Å². The summed E-state index contributed by atoms with van der Waals surface area (Å²) in [5.41, 5.74) is 1.07. The summed E-state index contributed by atoms with van der Waals surface area (Å²) in [6, 6.07) is 0. The van der Waals surface area contributed by atoms with Gasteiger partial charge in [-0.05, 0) is 23.1 Å². The summed E-state index contributed by atoms with van der Waals surface area (Å²) in [7, 11) is 0. The van der Waals surface area contributed by atoms with Gasteiger partial charge in [0.15, 0.2) is 0 Å². The van der Waals surface area contributed by atoms with Gasteiger partial charge in [0.05, 0.1) is 6.20 Å². The van der Waals surface area contributed by atoms with Crippen LogP contribution in [0.5, 0.6) is 0 Å². The molecule has 0 aliphatic carbocycles. The lowest BCUT2D eigenvalue weighted by Crippen LogP contribution is -1.71. The number of aromatic nitrogens is 4. The molecule has 4 nitrogen and oxygen atoms in total. The molecule has 0 radical (unpaired) electrons. The molecule has 0 saturated carbocycles. The highest BCUT2D eigenvalue weighted by atomic mass is 32.1. The second kappa shape index (κ2) is 2.61. The molecular weight excluding hydrogens is 204 g/mol. The van der Waals surface area contributed by atoms with Crippen molar-refractivity contribution in [2.24, 2.45) is 0 Å². The van der Waals surface area contributed by atoms with Crippen molar-refractivity contribution in [1.29, 1.82) is 0 Å². The molecule has 6 heteroatoms. The lowest BCUT2D eigenvalue weighted by atomic mass is 10.4. The van der Waals surface area contributed by atoms with Gasteiger partial charge in [-0.25, -0.2) is 13.1 Å². The first-order valence-corrected chi connectivity index (χ1v) is 5.24. The minimum absolute atomic E-state index is 0.756. The fourth-order valence-corrected chi connectivity index (χ4v) is 2.47. The fourth-order valence-electron chi connectivity index (χ4n) is 1.07. The second-order valence-electron chi connectivity index (χ2n) is 2.47. The minimum Gasteiger partial charge on any atom is -0.237 e. The van der Waals surface area contributed by atoms with E-state index in [-0.39, 0.29) is 0 Å². The normalized spacial score (nSPS) is 11.1. The monoisotopic (exact) mass is 208 g/mol. The summed E-state index contributed by atoms with van der Waals surface area (Å²) in [5, 5.41) is 2.95. The zero-order valence-electron chi connectivity index (χ0n) is 6.41. The van der Waals surface area contributed by atoms with Gasteiger partial charge in [0, 0.05) is 23.3 Å². The van der Waals surface area contributed by atoms with Crippen molar-refractivity contribution in [3.05, 3.63) is 24.0 Å². The molecule has 0 bridgehead atoms. The molecule has 13 heavy (non-hydrogen) atoms. The number of hydrogen-bond donors (Lipinski definition) is 0. The van der Waals surface area contributed by atoms with E-state index in [2.05, 4.69) is 14.3 Å². The van der Waals surface area contributed by atoms with Crippen molar-refractivity contribution < 1.29 is 0 Å². The van der Waals surface area contributed by atoms with Crippen LogP contribution in [-0.4, -0.2) is 18.1 Å². The standard InChI is InChI=1S/C7H4N4S2/c1-2-11-7(8-1)10-6(13-11)5-3-9-12-4-5/h1-4H. The summed E-state index contributed by atoms with van der Waals surface area (Å²) in [5.74, 6) is 0.756. The van der Waals surface area contributed by atoms with Gasteiger partial charge < -0.3 is 0 Å². The van der Waals surface area contributed by atoms with Crippen molar-refractivity contribution in [2.75, 3.05) is 0 Å². The predicted octanol–water partition coefficient (Wildman–Crippen LogP) is 1.91. The third kappa shape index (κ3) is 1.06. The Hall–Kier alpha value is -1.27. The molecule has 0 unspecified atom stereocenters. The fraction of sp³-hybridized carbons (Fsp3) is 0. The molecule has 3 aromatic rings. The highest BCUT2D eigenvalue weighted by molar-refractivity contribution is 7.10. The molecule has 0 spiro atoms. The van der Waals surface area contributed by atoms with Crippen molar-refractivity contribution >= 4 is 28.8 Å². The van der Waals surface area contributed by atoms with Crippen LogP contribution in [0.25, 0.3) is 16.3 Å². The van der Waals surface area contributed by atoms with Crippen molar-refractivity contribution in [2.45, 2.75) is 0 Å². The lowest BCUT2D eigenvalue weighted by molar-refractivity contribution is 1.27. The average Bonchev–Trinajstić information content (AvgIpc) is 2.78. The maximum absolute atomic E-state index is 4.35. The van der Waals surface area contributed by atoms with Gasteiger partial charge in [0.2, 0.25) is 5.78 Å². The van der Waals surface area contributed by atoms with Gasteiger partial charge in [0.1, 0.15) is 5.01 Å². The van der Waals surface area contributed by atoms with Crippen LogP contribution >= 0.6 is 23.1 Å². The van der Waals surface area contributed by atoms with Gasteiger partial charge in [0.25, 0.3) is 0 Å². The van der Waals surface area contributed by atoms with Crippen LogP contribution in [0.2, 0.25) is 0 Å². The van der Waals surface area contributed by atoms with Gasteiger partial charge in [-0.2, -0.15) is 4.98 Å². The van der Waals surface area contributed by atoms with Crippen LogP contribution in [0.3, 0.4) is 0 Å². The summed E-state index contributed by atoms with van der Waals surface area (Å²) < 4.78 is 5.97. The number of imidazole rings is 1. The molecule has 0 aromatic carbocycles. The van der Waals surface area contributed by atoms with E-state index in [1.165, 1.54) is 11.5 Å². The van der Waals surface area contributed by atoms with E-state index < -0.39 is 0 Å². The quantitative estimate of drug-likeness (QED) is 0.613. The summed E-state index contributed by atoms with van der Waals surface area (Å²) in [6.07, 6.45) is 5.47. The SMILES string of the molecule is c1cn2sc(-c3cnsc3)nc2n1. The van der Waals surface area contributed by atoms with Gasteiger partial charge >= 0.3 is 0 Å². The molecule has 3 heterocycles. The lowest BCUT2D eigenvalue weighted by Gasteiger charge is -1.82. The Kier molecular flexibility index (Phi) is 1.44. The molecule has 64 valence electrons. The summed E-state index contributed by atoms with van der Waals surface area (Å²) in [4.78, 5) is 8.45. The molecular formula is C7H4N4S2. The minimum atomic E-state index is 0.756. The topological polar surface area (TPSA) is 43.1 Å². The first-order chi connectivity index (χ1) is 6.43. The van der Waals surface area contributed by atoms with Gasteiger partial charge in [-0.15, -0.1) is 0 Å². The average molecular weight is 208 g/mol. The van der Waals surface area contributed by atoms with E-state index in [1.807, 2.05) is 21.6 Å². The zero-order valence-corrected chi connectivity index (χ0v) is 8.05. The zero-order chi connectivity index (χ0) is 8.67. The Morgan fingerprint density at radius 1 is 1.38 bits per heavy atom. The van der Waals surface area contributed by atoms with E-state index in [0.29, 0.717) is 0 Å². The Morgan fingerprint density at radius 2 is 2.38 bits per heavy atom. The summed E-state index contributed by atoms with van der Waals surface area (Å²) >= 11 is 3.01. The van der Waals surface area contributed by atoms with E-state index in [0.717, 1.165) is 16.3 Å². The Labute approximate surface area is 81.8 Å². The number of fused-ring (bicyclic) bond motifs is 1. The maximum atomic E-state index is 4.35. The van der Waals surface area contributed by atoms with Crippen molar-refractivity contribution in [3.63, 3.8) is 0 Å². The maximum Gasteiger partial charge on any atom is 0.244 e. The van der Waals surface area contributed by atoms with Gasteiger partial charge in [-0.3, -0.25) is 0 Å². The largest absolute Gasteiger partial charge is 0.244 e. The van der Waals surface area contributed by atoms with Crippen LogP contribution in [0.15, 0.2) is 24.0 Å². The van der Waals surface area contributed by atoms with E-state index >= 15 is 0 Å². The molecule has 3 rings (SSSR count). The van der Waals surface area contributed by atoms with Crippen LogP contribution in [0, 0.1) is 0 Å². The molecule has 3 aromatic heterocycles. The Bertz CT molecular complexity index is 493. The van der Waals surface area contributed by atoms with Crippen LogP contribution in [-0.2, 0) is 0 Å². The molecule has 0 N–H and O–H groups in total. The molecule has 0 fully saturated rings. The third-order valence-corrected chi connectivity index (χ3v) is 3.22. The van der Waals surface area contributed by atoms with E-state index in [9.17, 15) is 0 Å². The molecule has 0 amide bonds. The Morgan fingerprint density at radius 3 is 3.15 bits per heavy atom. The highest BCUT2D eigenvalue weighted by Crippen LogP contribution is 2.23. The number of rotatable bonds is 1. The highest BCUT2D eigenvalue weighted by Gasteiger charge is 2.06. The second-order valence-corrected chi connectivity index (χ2v) is 4.09. The number of hydrogen-bond acceptors (Lipinski definition) is 5. The van der Waals surface area contributed by atoms with Crippen molar-refractivity contribution in [1.82, 2.24) is 18.1 Å². The molecule has 0 aliphatic heterocycles. The van der Waals surface area contributed by atoms with E-state index in [1.54, 1.807) is 17.7 Å². The molecule has 0 saturated heterocycles. The predicted molar refractivity (Wildman–Crippen MR) is 52.0 cm³/mol. The van der Waals surface area contributed by atoms with Gasteiger partial charge in [-0.1, -0.05) is 0 Å². The molecule has 0 aliphatic rings. The van der Waals surface area contributed by atoms with Crippen LogP contribution in [0.1, 0.15) is 0 Å². The summed E-state index contributed by atoms with van der Waals surface area (Å²) in [6.45, 7) is 0. The smallest absolute Gasteiger partial charge is 0.237 e. The van der Waals surface area contributed by atoms with Crippen molar-refractivity contribution in [3.8, 4) is 10.6 Å². The van der Waals surface area contributed by atoms with Crippen LogP contribution < -0.4 is 0 Å². The Balaban J connectivity index is 2.23. The number of nitrogens with zero attached hydrogens (tertiary/aromatic N) is 4.